The molecular formula is C12H16N2O6S2. The third-order valence-corrected chi connectivity index (χ3v) is 3.33. The summed E-state index contributed by atoms with van der Waals surface area (Å²) in [7, 11) is -7.19. The number of nitrogens with one attached hydrogen (secondary N) is 2. The van der Waals surface area contributed by atoms with Crippen molar-refractivity contribution in [1.29, 1.82) is 0 Å². The fourth-order valence-electron chi connectivity index (χ4n) is 1.36. The van der Waals surface area contributed by atoms with E-state index in [1.807, 2.05) is 0 Å². The highest BCUT2D eigenvalue weighted by Gasteiger charge is 2.15. The van der Waals surface area contributed by atoms with Crippen LogP contribution in [0.4, 0.5) is 11.4 Å². The molecule has 0 saturated carbocycles. The Morgan fingerprint density at radius 3 is 2.09 bits per heavy atom. The third-order valence-electron chi connectivity index (χ3n) is 2.13. The molecular weight excluding hydrogens is 332 g/mol. The quantitative estimate of drug-likeness (QED) is 0.448. The Labute approximate surface area is 129 Å². The van der Waals surface area contributed by atoms with Crippen LogP contribution in [0.3, 0.4) is 0 Å². The molecule has 0 aliphatic rings. The molecule has 1 aromatic rings. The first kappa shape index (κ1) is 18.0. The molecule has 2 N–H and O–H groups in total. The zero-order chi connectivity index (χ0) is 17.1. The highest BCUT2D eigenvalue weighted by molar-refractivity contribution is 7.92. The van der Waals surface area contributed by atoms with E-state index in [0.29, 0.717) is 0 Å². The van der Waals surface area contributed by atoms with Gasteiger partial charge >= 0.3 is 5.97 Å². The highest BCUT2D eigenvalue weighted by Crippen LogP contribution is 2.29. The maximum Gasteiger partial charge on any atom is 0.338 e. The van der Waals surface area contributed by atoms with Crippen molar-refractivity contribution in [2.45, 2.75) is 6.92 Å². The molecule has 0 aliphatic heterocycles. The van der Waals surface area contributed by atoms with E-state index in [1.165, 1.54) is 25.1 Å². The molecule has 0 spiro atoms. The maximum absolute atomic E-state index is 11.5. The van der Waals surface area contributed by atoms with Gasteiger partial charge in [-0.2, -0.15) is 0 Å². The fraction of sp³-hybridized carbons (Fsp3) is 0.250. The number of sulfonamides is 2. The van der Waals surface area contributed by atoms with Crippen LogP contribution in [0.15, 0.2) is 30.4 Å². The Kier molecular flexibility index (Phi) is 5.20. The van der Waals surface area contributed by atoms with E-state index in [-0.39, 0.29) is 22.7 Å². The standard InChI is InChI=1S/C12H16N2O6S2/c1-8(2)12(15)20-11-6-5-9(13-21(3,16)17)7-10(11)14-22(4,18)19/h5-7,13-14H,1H2,2-4H3. The van der Waals surface area contributed by atoms with Crippen molar-refractivity contribution in [3.8, 4) is 5.75 Å². The number of benzene rings is 1. The molecule has 0 bridgehead atoms. The number of carbonyl (C=O) groups is 1. The lowest BCUT2D eigenvalue weighted by Gasteiger charge is -2.13. The summed E-state index contributed by atoms with van der Waals surface area (Å²) in [4.78, 5) is 11.5. The summed E-state index contributed by atoms with van der Waals surface area (Å²) in [6, 6.07) is 3.79. The molecule has 8 nitrogen and oxygen atoms in total. The van der Waals surface area contributed by atoms with Gasteiger partial charge < -0.3 is 4.74 Å². The smallest absolute Gasteiger partial charge is 0.338 e. The number of hydrogen-bond acceptors (Lipinski definition) is 6. The van der Waals surface area contributed by atoms with Crippen LogP contribution in [0.2, 0.25) is 0 Å². The van der Waals surface area contributed by atoms with E-state index >= 15 is 0 Å². The topological polar surface area (TPSA) is 119 Å². The predicted octanol–water partition coefficient (Wildman–Crippen LogP) is 0.911. The van der Waals surface area contributed by atoms with Crippen LogP contribution in [-0.4, -0.2) is 35.3 Å². The van der Waals surface area contributed by atoms with Gasteiger partial charge in [0.05, 0.1) is 23.9 Å². The van der Waals surface area contributed by atoms with Crippen molar-refractivity contribution in [2.24, 2.45) is 0 Å². The number of carbonyl (C=O) groups excluding carboxylic acids is 1. The lowest BCUT2D eigenvalue weighted by Crippen LogP contribution is -2.15. The molecule has 0 atom stereocenters. The van der Waals surface area contributed by atoms with Crippen molar-refractivity contribution >= 4 is 37.4 Å². The monoisotopic (exact) mass is 348 g/mol. The van der Waals surface area contributed by atoms with E-state index in [0.717, 1.165) is 12.5 Å². The molecule has 0 radical (unpaired) electrons. The van der Waals surface area contributed by atoms with Crippen LogP contribution in [-0.2, 0) is 24.8 Å². The highest BCUT2D eigenvalue weighted by atomic mass is 32.2. The second-order valence-corrected chi connectivity index (χ2v) is 8.13. The Bertz CT molecular complexity index is 812. The lowest BCUT2D eigenvalue weighted by molar-refractivity contribution is -0.130. The zero-order valence-electron chi connectivity index (χ0n) is 12.2. The van der Waals surface area contributed by atoms with E-state index < -0.39 is 26.0 Å². The Balaban J connectivity index is 3.26. The number of anilines is 2. The molecule has 0 amide bonds. The number of esters is 1. The van der Waals surface area contributed by atoms with Gasteiger partial charge in [0.1, 0.15) is 0 Å². The summed E-state index contributed by atoms with van der Waals surface area (Å²) in [5, 5.41) is 0. The van der Waals surface area contributed by atoms with E-state index in [4.69, 9.17) is 4.74 Å². The summed E-state index contributed by atoms with van der Waals surface area (Å²) < 4.78 is 54.5. The van der Waals surface area contributed by atoms with Gasteiger partial charge in [0.2, 0.25) is 20.0 Å². The van der Waals surface area contributed by atoms with Crippen molar-refractivity contribution < 1.29 is 26.4 Å². The van der Waals surface area contributed by atoms with Gasteiger partial charge in [0, 0.05) is 5.57 Å². The predicted molar refractivity (Wildman–Crippen MR) is 83.8 cm³/mol. The van der Waals surface area contributed by atoms with Gasteiger partial charge in [-0.1, -0.05) is 6.58 Å². The van der Waals surface area contributed by atoms with Crippen LogP contribution in [0, 0.1) is 0 Å². The van der Waals surface area contributed by atoms with E-state index in [9.17, 15) is 21.6 Å². The Morgan fingerprint density at radius 2 is 1.64 bits per heavy atom. The van der Waals surface area contributed by atoms with Crippen LogP contribution in [0.25, 0.3) is 0 Å². The number of rotatable bonds is 6. The molecule has 0 saturated heterocycles. The molecule has 22 heavy (non-hydrogen) atoms. The van der Waals surface area contributed by atoms with Crippen molar-refractivity contribution in [3.05, 3.63) is 30.4 Å². The second kappa shape index (κ2) is 6.36. The summed E-state index contributed by atoms with van der Waals surface area (Å²) in [6.07, 6.45) is 1.86. The van der Waals surface area contributed by atoms with Gasteiger partial charge in [0.25, 0.3) is 0 Å². The number of ether oxygens (including phenoxy) is 1. The third kappa shape index (κ3) is 6.14. The van der Waals surface area contributed by atoms with Crippen molar-refractivity contribution in [3.63, 3.8) is 0 Å². The van der Waals surface area contributed by atoms with Crippen LogP contribution < -0.4 is 14.2 Å². The minimum Gasteiger partial charge on any atom is -0.421 e. The first-order valence-corrected chi connectivity index (χ1v) is 9.63. The van der Waals surface area contributed by atoms with Crippen LogP contribution in [0.5, 0.6) is 5.75 Å². The SMILES string of the molecule is C=C(C)C(=O)Oc1ccc(NS(C)(=O)=O)cc1NS(C)(=O)=O. The molecule has 0 aromatic heterocycles. The van der Waals surface area contributed by atoms with Crippen molar-refractivity contribution in [1.82, 2.24) is 0 Å². The van der Waals surface area contributed by atoms with Gasteiger partial charge in [-0.3, -0.25) is 9.44 Å². The summed E-state index contributed by atoms with van der Waals surface area (Å²) in [5.74, 6) is -0.808. The van der Waals surface area contributed by atoms with Crippen LogP contribution in [0.1, 0.15) is 6.92 Å². The summed E-state index contributed by atoms with van der Waals surface area (Å²) in [6.45, 7) is 4.85. The van der Waals surface area contributed by atoms with Crippen molar-refractivity contribution in [2.75, 3.05) is 22.0 Å². The fourth-order valence-corrected chi connectivity index (χ4v) is 2.48. The normalized spacial score (nSPS) is 11.6. The minimum absolute atomic E-state index is 0.0718. The lowest BCUT2D eigenvalue weighted by atomic mass is 10.2. The molecule has 1 aromatic carbocycles. The van der Waals surface area contributed by atoms with E-state index in [1.54, 1.807) is 0 Å². The second-order valence-electron chi connectivity index (χ2n) is 4.63. The summed E-state index contributed by atoms with van der Waals surface area (Å²) in [5.41, 5.74) is 0.165. The van der Waals surface area contributed by atoms with Gasteiger partial charge in [-0.05, 0) is 25.1 Å². The Morgan fingerprint density at radius 1 is 1.09 bits per heavy atom. The van der Waals surface area contributed by atoms with Gasteiger partial charge in [0.15, 0.2) is 5.75 Å². The molecule has 0 heterocycles. The van der Waals surface area contributed by atoms with Gasteiger partial charge in [-0.15, -0.1) is 0 Å². The first-order valence-electron chi connectivity index (χ1n) is 5.85. The molecule has 10 heteroatoms. The molecule has 1 rings (SSSR count). The first-order chi connectivity index (χ1) is 9.87. The molecule has 122 valence electrons. The minimum atomic E-state index is -3.66. The van der Waals surface area contributed by atoms with E-state index in [2.05, 4.69) is 16.0 Å². The Hall–Kier alpha value is -2.07. The number of hydrogen-bond donors (Lipinski definition) is 2. The average Bonchev–Trinajstić information content (AvgIpc) is 2.28. The van der Waals surface area contributed by atoms with Gasteiger partial charge in [-0.25, -0.2) is 21.6 Å². The zero-order valence-corrected chi connectivity index (χ0v) is 13.8. The molecule has 0 aliphatic carbocycles. The molecule has 0 fully saturated rings. The van der Waals surface area contributed by atoms with Crippen LogP contribution >= 0.6 is 0 Å². The maximum atomic E-state index is 11.5. The molecule has 0 unspecified atom stereocenters. The average molecular weight is 348 g/mol. The summed E-state index contributed by atoms with van der Waals surface area (Å²) >= 11 is 0. The largest absolute Gasteiger partial charge is 0.421 e.